The zero-order valence-electron chi connectivity index (χ0n) is 8.66. The van der Waals surface area contributed by atoms with Gasteiger partial charge in [0, 0.05) is 11.6 Å². The van der Waals surface area contributed by atoms with Crippen molar-refractivity contribution in [3.63, 3.8) is 0 Å². The van der Waals surface area contributed by atoms with Gasteiger partial charge in [-0.3, -0.25) is 4.55 Å². The van der Waals surface area contributed by atoms with Crippen molar-refractivity contribution >= 4 is 21.0 Å². The summed E-state index contributed by atoms with van der Waals surface area (Å²) in [6.07, 6.45) is 1.63. The predicted molar refractivity (Wildman–Crippen MR) is 56.7 cm³/mol. The van der Waals surface area contributed by atoms with Gasteiger partial charge in [-0.2, -0.15) is 26.3 Å². The molecule has 0 spiro atoms. The van der Waals surface area contributed by atoms with Gasteiger partial charge in [-0.1, -0.05) is 18.2 Å². The second-order valence-corrected chi connectivity index (χ2v) is 4.55. The Hall–Kier alpha value is -1.74. The van der Waals surface area contributed by atoms with Gasteiger partial charge in [0.2, 0.25) is 0 Å². The number of halogens is 3. The highest BCUT2D eigenvalue weighted by atomic mass is 32.2. The van der Waals surface area contributed by atoms with Gasteiger partial charge in [-0.05, 0) is 12.1 Å². The monoisotopic (exact) mass is 283 g/mol. The Morgan fingerprint density at radius 2 is 1.61 bits per heavy atom. The number of para-hydroxylation sites is 1. The summed E-state index contributed by atoms with van der Waals surface area (Å²) in [5.74, 6) is 0. The Labute approximate surface area is 99.8 Å². The molecule has 0 saturated carbocycles. The topological polar surface area (TPSA) is 79.5 Å². The van der Waals surface area contributed by atoms with Crippen LogP contribution in [0, 0.1) is 0 Å². The molecule has 18 heavy (non-hydrogen) atoms. The standard InChI is InChI=1S/C8H7NO.CHF3O3S/c10-9-6-5-7-3-1-2-4-8(7)9;2-1(3,4)8(5,6)7/h1-6,10H;(H,5,6,7). The summed E-state index contributed by atoms with van der Waals surface area (Å²) < 4.78 is 58.7. The van der Waals surface area contributed by atoms with Crippen molar-refractivity contribution in [2.45, 2.75) is 5.51 Å². The van der Waals surface area contributed by atoms with Crippen molar-refractivity contribution < 1.29 is 31.3 Å². The first-order valence-corrected chi connectivity index (χ1v) is 5.86. The third-order valence-corrected chi connectivity index (χ3v) is 2.46. The number of benzene rings is 1. The van der Waals surface area contributed by atoms with E-state index in [1.807, 2.05) is 30.3 Å². The maximum absolute atomic E-state index is 10.7. The number of hydrogen-bond donors (Lipinski definition) is 2. The molecule has 0 fully saturated rings. The molecule has 0 amide bonds. The summed E-state index contributed by atoms with van der Waals surface area (Å²) in [6, 6.07) is 9.55. The van der Waals surface area contributed by atoms with E-state index >= 15 is 0 Å². The summed E-state index contributed by atoms with van der Waals surface area (Å²) >= 11 is 0. The van der Waals surface area contributed by atoms with Crippen LogP contribution >= 0.6 is 0 Å². The highest BCUT2D eigenvalue weighted by molar-refractivity contribution is 7.86. The maximum Gasteiger partial charge on any atom is 0.522 e. The lowest BCUT2D eigenvalue weighted by atomic mass is 10.3. The fourth-order valence-corrected chi connectivity index (χ4v) is 1.07. The van der Waals surface area contributed by atoms with Crippen LogP contribution in [0.4, 0.5) is 13.2 Å². The van der Waals surface area contributed by atoms with E-state index in [4.69, 9.17) is 18.2 Å². The largest absolute Gasteiger partial charge is 0.522 e. The van der Waals surface area contributed by atoms with Gasteiger partial charge in [0.15, 0.2) is 0 Å². The Kier molecular flexibility index (Phi) is 3.87. The van der Waals surface area contributed by atoms with Crippen molar-refractivity contribution in [3.8, 4) is 0 Å². The summed E-state index contributed by atoms with van der Waals surface area (Å²) in [5.41, 5.74) is -4.69. The van der Waals surface area contributed by atoms with Crippen LogP contribution in [0.2, 0.25) is 0 Å². The Morgan fingerprint density at radius 1 is 1.11 bits per heavy atom. The highest BCUT2D eigenvalue weighted by Gasteiger charge is 2.44. The second kappa shape index (κ2) is 4.86. The average Bonchev–Trinajstić information content (AvgIpc) is 2.59. The first-order chi connectivity index (χ1) is 8.13. The molecule has 0 aliphatic rings. The van der Waals surface area contributed by atoms with Gasteiger partial charge in [0.1, 0.15) is 0 Å². The van der Waals surface area contributed by atoms with Crippen LogP contribution in [0.15, 0.2) is 36.5 Å². The number of aromatic nitrogens is 1. The van der Waals surface area contributed by atoms with Crippen molar-refractivity contribution in [3.05, 3.63) is 36.5 Å². The van der Waals surface area contributed by atoms with E-state index in [9.17, 15) is 13.2 Å². The molecule has 5 nitrogen and oxygen atoms in total. The number of fused-ring (bicyclic) bond motifs is 1. The lowest BCUT2D eigenvalue weighted by Gasteiger charge is -1.97. The Morgan fingerprint density at radius 3 is 2.06 bits per heavy atom. The van der Waals surface area contributed by atoms with Crippen molar-refractivity contribution in [2.24, 2.45) is 0 Å². The molecule has 9 heteroatoms. The first-order valence-electron chi connectivity index (χ1n) is 4.42. The van der Waals surface area contributed by atoms with Crippen LogP contribution in [0.5, 0.6) is 0 Å². The van der Waals surface area contributed by atoms with Crippen molar-refractivity contribution in [2.75, 3.05) is 0 Å². The molecule has 1 heterocycles. The summed E-state index contributed by atoms with van der Waals surface area (Å²) in [7, 11) is -5.84. The Balaban J connectivity index is 0.000000187. The fourth-order valence-electron chi connectivity index (χ4n) is 1.07. The van der Waals surface area contributed by atoms with Crippen LogP contribution < -0.4 is 0 Å². The van der Waals surface area contributed by atoms with Crippen LogP contribution in [-0.2, 0) is 10.1 Å². The first kappa shape index (κ1) is 14.3. The van der Waals surface area contributed by atoms with Gasteiger partial charge in [-0.25, -0.2) is 0 Å². The molecule has 0 atom stereocenters. The SMILES string of the molecule is O=S(=O)(O)C(F)(F)F.On1ccc2ccccc21. The zero-order valence-corrected chi connectivity index (χ0v) is 9.48. The number of alkyl halides is 3. The van der Waals surface area contributed by atoms with E-state index in [1.165, 1.54) is 0 Å². The predicted octanol–water partition coefficient (Wildman–Crippen LogP) is 2.27. The molecular formula is C9H8F3NO4S. The maximum atomic E-state index is 10.7. The molecule has 0 aliphatic heterocycles. The molecule has 100 valence electrons. The van der Waals surface area contributed by atoms with E-state index < -0.39 is 15.6 Å². The minimum absolute atomic E-state index is 0.850. The smallest absolute Gasteiger partial charge is 0.428 e. The second-order valence-electron chi connectivity index (χ2n) is 3.14. The van der Waals surface area contributed by atoms with Gasteiger partial charge < -0.3 is 5.21 Å². The molecule has 1 aromatic heterocycles. The minimum Gasteiger partial charge on any atom is -0.428 e. The molecule has 0 radical (unpaired) electrons. The summed E-state index contributed by atoms with van der Waals surface area (Å²) in [5, 5.41) is 10.2. The van der Waals surface area contributed by atoms with Crippen molar-refractivity contribution in [1.29, 1.82) is 0 Å². The van der Waals surface area contributed by atoms with Gasteiger partial charge in [0.05, 0.1) is 5.52 Å². The molecule has 0 bridgehead atoms. The van der Waals surface area contributed by atoms with E-state index in [1.54, 1.807) is 6.20 Å². The van der Waals surface area contributed by atoms with Crippen LogP contribution in [0.3, 0.4) is 0 Å². The van der Waals surface area contributed by atoms with Gasteiger partial charge in [-0.15, -0.1) is 0 Å². The average molecular weight is 283 g/mol. The normalized spacial score (nSPS) is 12.0. The number of hydrogen-bond acceptors (Lipinski definition) is 3. The molecule has 2 aromatic rings. The van der Waals surface area contributed by atoms with E-state index in [0.29, 0.717) is 0 Å². The van der Waals surface area contributed by atoms with Gasteiger partial charge >= 0.3 is 15.6 Å². The number of nitrogens with zero attached hydrogens (tertiary/aromatic N) is 1. The molecule has 2 N–H and O–H groups in total. The Bertz CT molecular complexity index is 633. The molecule has 0 aliphatic carbocycles. The van der Waals surface area contributed by atoms with E-state index in [0.717, 1.165) is 15.6 Å². The lowest BCUT2D eigenvalue weighted by Crippen LogP contribution is -2.21. The molecular weight excluding hydrogens is 275 g/mol. The van der Waals surface area contributed by atoms with Crippen LogP contribution in [-0.4, -0.2) is 28.4 Å². The van der Waals surface area contributed by atoms with Crippen LogP contribution in [0.25, 0.3) is 10.9 Å². The van der Waals surface area contributed by atoms with E-state index in [-0.39, 0.29) is 0 Å². The minimum atomic E-state index is -5.84. The zero-order chi connectivity index (χ0) is 14.0. The van der Waals surface area contributed by atoms with Crippen molar-refractivity contribution in [1.82, 2.24) is 4.73 Å². The molecule has 1 aromatic carbocycles. The van der Waals surface area contributed by atoms with Crippen LogP contribution in [0.1, 0.15) is 0 Å². The van der Waals surface area contributed by atoms with E-state index in [2.05, 4.69) is 0 Å². The highest BCUT2D eigenvalue weighted by Crippen LogP contribution is 2.20. The lowest BCUT2D eigenvalue weighted by molar-refractivity contribution is -0.0510. The fraction of sp³-hybridized carbons (Fsp3) is 0.111. The van der Waals surface area contributed by atoms with Gasteiger partial charge in [0.25, 0.3) is 0 Å². The summed E-state index contributed by atoms with van der Waals surface area (Å²) in [6.45, 7) is 0. The third-order valence-electron chi connectivity index (χ3n) is 1.87. The molecule has 0 saturated heterocycles. The molecule has 0 unspecified atom stereocenters. The molecule has 2 rings (SSSR count). The quantitative estimate of drug-likeness (QED) is 0.441. The third kappa shape index (κ3) is 3.37. The summed E-state index contributed by atoms with van der Waals surface area (Å²) in [4.78, 5) is 0. The number of rotatable bonds is 0.